The molecule has 12 nitrogen and oxygen atoms in total. The van der Waals surface area contributed by atoms with Gasteiger partial charge in [0.2, 0.25) is 0 Å². The van der Waals surface area contributed by atoms with Gasteiger partial charge in [-0.15, -0.1) is 0 Å². The number of hydrogen-bond donors (Lipinski definition) is 2. The first kappa shape index (κ1) is 61.3. The summed E-state index contributed by atoms with van der Waals surface area (Å²) in [6, 6.07) is 13.5. The molecule has 0 aromatic heterocycles. The van der Waals surface area contributed by atoms with E-state index in [1.165, 1.54) is 25.7 Å². The van der Waals surface area contributed by atoms with Gasteiger partial charge in [0.1, 0.15) is 0 Å². The Morgan fingerprint density at radius 2 is 0.561 bits per heavy atom. The number of carboxylic acid groups (broad SMARTS) is 2. The lowest BCUT2D eigenvalue weighted by Crippen LogP contribution is -2.15. The standard InChI is InChI=1S/2C24H38O4.C6H10O4/c2*1-19(2)13-7-5-11-17-27-23(25)21-15-9-10-16-22(21)24(26)28-18-12-6-8-14-20(3)4;7-5(8)3-1-2-4-6(9)10/h2*9-10,15-16,19-20H,5-8,11-14,17-18H2,1-4H3;1-4H2,(H,7,8)(H,9,10). The second kappa shape index (κ2) is 39.4. The van der Waals surface area contributed by atoms with Crippen LogP contribution in [-0.4, -0.2) is 72.5 Å². The number of carboxylic acids is 2. The molecule has 0 atom stereocenters. The Morgan fingerprint density at radius 3 is 0.742 bits per heavy atom. The summed E-state index contributed by atoms with van der Waals surface area (Å²) in [5.74, 6) is -0.725. The molecule has 0 saturated carbocycles. The molecule has 0 saturated heterocycles. The van der Waals surface area contributed by atoms with Crippen molar-refractivity contribution < 1.29 is 57.9 Å². The van der Waals surface area contributed by atoms with Crippen LogP contribution in [0.25, 0.3) is 0 Å². The van der Waals surface area contributed by atoms with E-state index in [1.807, 2.05) is 0 Å². The number of rotatable bonds is 33. The van der Waals surface area contributed by atoms with Gasteiger partial charge in [-0.05, 0) is 86.5 Å². The maximum Gasteiger partial charge on any atom is 0.339 e. The zero-order valence-electron chi connectivity index (χ0n) is 41.9. The number of ether oxygens (including phenoxy) is 4. The van der Waals surface area contributed by atoms with E-state index in [-0.39, 0.29) is 35.1 Å². The molecular formula is C54H86O12. The van der Waals surface area contributed by atoms with E-state index in [2.05, 4.69) is 55.4 Å². The predicted octanol–water partition coefficient (Wildman–Crippen LogP) is 13.6. The molecule has 2 aromatic carbocycles. The van der Waals surface area contributed by atoms with Crippen molar-refractivity contribution in [3.8, 4) is 0 Å². The summed E-state index contributed by atoms with van der Waals surface area (Å²) < 4.78 is 21.4. The summed E-state index contributed by atoms with van der Waals surface area (Å²) in [6.45, 7) is 19.2. The van der Waals surface area contributed by atoms with Gasteiger partial charge in [0.25, 0.3) is 0 Å². The van der Waals surface area contributed by atoms with E-state index in [0.717, 1.165) is 77.0 Å². The maximum absolute atomic E-state index is 12.4. The molecule has 0 amide bonds. The monoisotopic (exact) mass is 927 g/mol. The van der Waals surface area contributed by atoms with Crippen molar-refractivity contribution in [2.45, 2.75) is 184 Å². The van der Waals surface area contributed by atoms with Crippen LogP contribution in [0.3, 0.4) is 0 Å². The van der Waals surface area contributed by atoms with Crippen LogP contribution in [-0.2, 0) is 28.5 Å². The SMILES string of the molecule is CC(C)CCCCCOC(=O)c1ccccc1C(=O)OCCCCCC(C)C.CC(C)CCCCCOC(=O)c1ccccc1C(=O)OCCCCCC(C)C.O=C(O)CCCCC(=O)O. The third-order valence-electron chi connectivity index (χ3n) is 10.4. The topological polar surface area (TPSA) is 180 Å². The van der Waals surface area contributed by atoms with Crippen LogP contribution in [0, 0.1) is 23.7 Å². The lowest BCUT2D eigenvalue weighted by molar-refractivity contribution is -0.139. The summed E-state index contributed by atoms with van der Waals surface area (Å²) in [6.07, 6.45) is 18.0. The van der Waals surface area contributed by atoms with Gasteiger partial charge < -0.3 is 29.2 Å². The molecule has 0 aliphatic rings. The molecule has 0 aliphatic heterocycles. The summed E-state index contributed by atoms with van der Waals surface area (Å²) in [4.78, 5) is 69.2. The first-order valence-electron chi connectivity index (χ1n) is 24.8. The number of esters is 4. The van der Waals surface area contributed by atoms with Crippen molar-refractivity contribution >= 4 is 35.8 Å². The average Bonchev–Trinajstić information content (AvgIpc) is 3.26. The zero-order chi connectivity index (χ0) is 49.5. The summed E-state index contributed by atoms with van der Waals surface area (Å²) in [7, 11) is 0. The fourth-order valence-electron chi connectivity index (χ4n) is 6.53. The molecular weight excluding hydrogens is 841 g/mol. The Hall–Kier alpha value is -4.74. The first-order chi connectivity index (χ1) is 31.5. The zero-order valence-corrected chi connectivity index (χ0v) is 41.9. The quantitative estimate of drug-likeness (QED) is 0.0393. The van der Waals surface area contributed by atoms with Crippen molar-refractivity contribution in [3.05, 3.63) is 70.8 Å². The predicted molar refractivity (Wildman–Crippen MR) is 261 cm³/mol. The summed E-state index contributed by atoms with van der Waals surface area (Å²) in [5.41, 5.74) is 1.15. The van der Waals surface area contributed by atoms with Crippen LogP contribution in [0.5, 0.6) is 0 Å². The highest BCUT2D eigenvalue weighted by Gasteiger charge is 2.20. The minimum Gasteiger partial charge on any atom is -0.481 e. The molecule has 2 rings (SSSR count). The van der Waals surface area contributed by atoms with Gasteiger partial charge in [-0.2, -0.15) is 0 Å². The van der Waals surface area contributed by atoms with Crippen molar-refractivity contribution in [1.82, 2.24) is 0 Å². The third kappa shape index (κ3) is 34.6. The maximum atomic E-state index is 12.4. The highest BCUT2D eigenvalue weighted by atomic mass is 16.5. The molecule has 0 unspecified atom stereocenters. The molecule has 2 aromatic rings. The Bertz CT molecular complexity index is 1410. The van der Waals surface area contributed by atoms with Crippen LogP contribution in [0.1, 0.15) is 225 Å². The van der Waals surface area contributed by atoms with Crippen molar-refractivity contribution in [1.29, 1.82) is 0 Å². The molecule has 374 valence electrons. The number of carbonyl (C=O) groups is 6. The van der Waals surface area contributed by atoms with E-state index in [1.54, 1.807) is 48.5 Å². The molecule has 0 bridgehead atoms. The normalized spacial score (nSPS) is 10.8. The summed E-state index contributed by atoms with van der Waals surface area (Å²) >= 11 is 0. The fraction of sp³-hybridized carbons (Fsp3) is 0.667. The number of aliphatic carboxylic acids is 2. The Balaban J connectivity index is 0.00000106. The third-order valence-corrected chi connectivity index (χ3v) is 10.4. The van der Waals surface area contributed by atoms with E-state index in [9.17, 15) is 28.8 Å². The van der Waals surface area contributed by atoms with Crippen LogP contribution in [0.4, 0.5) is 0 Å². The van der Waals surface area contributed by atoms with E-state index < -0.39 is 35.8 Å². The van der Waals surface area contributed by atoms with Crippen molar-refractivity contribution in [3.63, 3.8) is 0 Å². The molecule has 0 fully saturated rings. The van der Waals surface area contributed by atoms with Gasteiger partial charge in [0.15, 0.2) is 0 Å². The van der Waals surface area contributed by atoms with Gasteiger partial charge in [-0.1, -0.05) is 157 Å². The van der Waals surface area contributed by atoms with Crippen LogP contribution in [0.2, 0.25) is 0 Å². The fourth-order valence-corrected chi connectivity index (χ4v) is 6.53. The highest BCUT2D eigenvalue weighted by Crippen LogP contribution is 2.17. The van der Waals surface area contributed by atoms with Crippen LogP contribution in [0.15, 0.2) is 48.5 Å². The number of hydrogen-bond acceptors (Lipinski definition) is 10. The molecule has 12 heteroatoms. The van der Waals surface area contributed by atoms with Crippen LogP contribution >= 0.6 is 0 Å². The molecule has 2 N–H and O–H groups in total. The van der Waals surface area contributed by atoms with Gasteiger partial charge in [-0.3, -0.25) is 9.59 Å². The van der Waals surface area contributed by atoms with Crippen molar-refractivity contribution in [2.75, 3.05) is 26.4 Å². The smallest absolute Gasteiger partial charge is 0.339 e. The number of benzene rings is 2. The second-order valence-electron chi connectivity index (χ2n) is 18.6. The van der Waals surface area contributed by atoms with Gasteiger partial charge in [-0.25, -0.2) is 19.2 Å². The lowest BCUT2D eigenvalue weighted by atomic mass is 10.1. The van der Waals surface area contributed by atoms with E-state index >= 15 is 0 Å². The largest absolute Gasteiger partial charge is 0.481 e. The van der Waals surface area contributed by atoms with E-state index in [4.69, 9.17) is 29.2 Å². The van der Waals surface area contributed by atoms with E-state index in [0.29, 0.717) is 62.9 Å². The Labute approximate surface area is 397 Å². The number of carbonyl (C=O) groups excluding carboxylic acids is 4. The van der Waals surface area contributed by atoms with Crippen LogP contribution < -0.4 is 0 Å². The number of unbranched alkanes of at least 4 members (excludes halogenated alkanes) is 9. The van der Waals surface area contributed by atoms with Gasteiger partial charge in [0.05, 0.1) is 48.7 Å². The molecule has 0 radical (unpaired) electrons. The lowest BCUT2D eigenvalue weighted by Gasteiger charge is -2.10. The molecule has 66 heavy (non-hydrogen) atoms. The van der Waals surface area contributed by atoms with Gasteiger partial charge >= 0.3 is 35.8 Å². The average molecular weight is 927 g/mol. The Morgan fingerprint density at radius 1 is 0.348 bits per heavy atom. The summed E-state index contributed by atoms with van der Waals surface area (Å²) in [5, 5.41) is 16.3. The van der Waals surface area contributed by atoms with Crippen molar-refractivity contribution in [2.24, 2.45) is 23.7 Å². The second-order valence-corrected chi connectivity index (χ2v) is 18.6. The molecule has 0 spiro atoms. The molecule has 0 aliphatic carbocycles. The minimum atomic E-state index is -0.870. The van der Waals surface area contributed by atoms with Gasteiger partial charge in [0, 0.05) is 12.8 Å². The first-order valence-corrected chi connectivity index (χ1v) is 24.8. The Kier molecular flexibility index (Phi) is 36.6. The molecule has 0 heterocycles. The highest BCUT2D eigenvalue weighted by molar-refractivity contribution is 6.03. The minimum absolute atomic E-state index is 0.0628.